The second kappa shape index (κ2) is 13.1. The van der Waals surface area contributed by atoms with Crippen LogP contribution in [-0.2, 0) is 23.9 Å². The quantitative estimate of drug-likeness (QED) is 0.339. The summed E-state index contributed by atoms with van der Waals surface area (Å²) in [4.78, 5) is 48.1. The van der Waals surface area contributed by atoms with Gasteiger partial charge in [-0.3, -0.25) is 19.2 Å². The topological polar surface area (TPSA) is 142 Å². The maximum absolute atomic E-state index is 12.5. The Morgan fingerprint density at radius 2 is 1.44 bits per heavy atom. The minimum Gasteiger partial charge on any atom is -0.480 e. The number of aliphatic carboxylic acids is 1. The Hall–Kier alpha value is -2.94. The second-order valence-electron chi connectivity index (χ2n) is 8.79. The highest BCUT2D eigenvalue weighted by atomic mass is 16.6. The van der Waals surface area contributed by atoms with Gasteiger partial charge in [-0.1, -0.05) is 47.6 Å². The molecular weight excluding hydrogens is 442 g/mol. The molecule has 4 unspecified atom stereocenters. The second-order valence-corrected chi connectivity index (χ2v) is 8.79. The van der Waals surface area contributed by atoms with Crippen LogP contribution in [0.1, 0.15) is 72.8 Å². The number of hydrogen-bond donors (Lipinski definition) is 2. The standard InChI is InChI=1S/C25H37NO8/c1-8-20(27)33-18-11-10-17(12-19(18)34-21(28)9-2)22(23(26)24(29)30)15(6)16(7)32-25(31)14(5)13(3)4/h10-16,22-23H,8-9,26H2,1-7H3,(H,29,30)/t14?,15?,16?,22?,23-/m0/s1. The predicted octanol–water partition coefficient (Wildman–Crippen LogP) is 3.67. The SMILES string of the molecule is CCC(=O)Oc1ccc(C(C(C)C(C)OC(=O)C(C)C(C)C)[C@H](N)C(=O)O)cc1OC(=O)CC. The van der Waals surface area contributed by atoms with Crippen molar-refractivity contribution >= 4 is 23.9 Å². The van der Waals surface area contributed by atoms with E-state index < -0.39 is 41.9 Å². The summed E-state index contributed by atoms with van der Waals surface area (Å²) in [6.07, 6.45) is -0.450. The van der Waals surface area contributed by atoms with Gasteiger partial charge >= 0.3 is 23.9 Å². The Labute approximate surface area is 200 Å². The van der Waals surface area contributed by atoms with Gasteiger partial charge in [0.2, 0.25) is 0 Å². The van der Waals surface area contributed by atoms with Crippen LogP contribution < -0.4 is 15.2 Å². The maximum Gasteiger partial charge on any atom is 0.321 e. The monoisotopic (exact) mass is 479 g/mol. The molecule has 3 N–H and O–H groups in total. The summed E-state index contributed by atoms with van der Waals surface area (Å²) in [5.41, 5.74) is 6.50. The molecule has 0 saturated heterocycles. The number of carbonyl (C=O) groups excluding carboxylic acids is 3. The van der Waals surface area contributed by atoms with Crippen molar-refractivity contribution in [1.82, 2.24) is 0 Å². The number of esters is 3. The predicted molar refractivity (Wildman–Crippen MR) is 125 cm³/mol. The largest absolute Gasteiger partial charge is 0.480 e. The summed E-state index contributed by atoms with van der Waals surface area (Å²) < 4.78 is 16.2. The number of carbonyl (C=O) groups is 4. The van der Waals surface area contributed by atoms with E-state index in [-0.39, 0.29) is 42.1 Å². The molecule has 1 aromatic rings. The van der Waals surface area contributed by atoms with E-state index in [4.69, 9.17) is 19.9 Å². The number of ether oxygens (including phenoxy) is 3. The van der Waals surface area contributed by atoms with Crippen molar-refractivity contribution in [3.05, 3.63) is 23.8 Å². The van der Waals surface area contributed by atoms with Crippen LogP contribution in [0.3, 0.4) is 0 Å². The third-order valence-corrected chi connectivity index (χ3v) is 6.03. The molecule has 0 spiro atoms. The first-order valence-corrected chi connectivity index (χ1v) is 11.6. The van der Waals surface area contributed by atoms with Crippen LogP contribution in [0, 0.1) is 17.8 Å². The summed E-state index contributed by atoms with van der Waals surface area (Å²) in [5, 5.41) is 9.66. The molecule has 1 aromatic carbocycles. The van der Waals surface area contributed by atoms with Gasteiger partial charge in [0.15, 0.2) is 11.5 Å². The minimum atomic E-state index is -1.34. The van der Waals surface area contributed by atoms with E-state index in [0.717, 1.165) is 0 Å². The zero-order valence-electron chi connectivity index (χ0n) is 21.0. The molecule has 1 rings (SSSR count). The smallest absolute Gasteiger partial charge is 0.321 e. The van der Waals surface area contributed by atoms with E-state index in [1.807, 2.05) is 13.8 Å². The molecule has 0 bridgehead atoms. The van der Waals surface area contributed by atoms with Crippen LogP contribution in [0.15, 0.2) is 18.2 Å². The Kier molecular flexibility index (Phi) is 11.2. The third-order valence-electron chi connectivity index (χ3n) is 6.03. The van der Waals surface area contributed by atoms with Crippen LogP contribution in [0.25, 0.3) is 0 Å². The van der Waals surface area contributed by atoms with Gasteiger partial charge in [-0.2, -0.15) is 0 Å². The average molecular weight is 480 g/mol. The van der Waals surface area contributed by atoms with Crippen LogP contribution in [-0.4, -0.2) is 41.1 Å². The lowest BCUT2D eigenvalue weighted by atomic mass is 9.79. The van der Waals surface area contributed by atoms with Gasteiger partial charge in [0, 0.05) is 24.7 Å². The lowest BCUT2D eigenvalue weighted by Crippen LogP contribution is -2.43. The van der Waals surface area contributed by atoms with Crippen molar-refractivity contribution in [3.63, 3.8) is 0 Å². The Morgan fingerprint density at radius 1 is 0.912 bits per heavy atom. The van der Waals surface area contributed by atoms with E-state index in [9.17, 15) is 24.3 Å². The van der Waals surface area contributed by atoms with E-state index in [0.29, 0.717) is 5.56 Å². The first kappa shape index (κ1) is 29.1. The molecule has 0 saturated carbocycles. The van der Waals surface area contributed by atoms with E-state index >= 15 is 0 Å². The first-order chi connectivity index (χ1) is 15.8. The maximum atomic E-state index is 12.5. The summed E-state index contributed by atoms with van der Waals surface area (Å²) in [7, 11) is 0. The molecule has 0 aliphatic rings. The molecule has 0 amide bonds. The molecule has 190 valence electrons. The summed E-state index contributed by atoms with van der Waals surface area (Å²) in [6, 6.07) is 3.11. The molecule has 0 aliphatic heterocycles. The molecule has 34 heavy (non-hydrogen) atoms. The first-order valence-electron chi connectivity index (χ1n) is 11.6. The molecule has 9 heteroatoms. The molecule has 0 heterocycles. The van der Waals surface area contributed by atoms with Gasteiger partial charge in [-0.15, -0.1) is 0 Å². The van der Waals surface area contributed by atoms with Crippen molar-refractivity contribution < 1.29 is 38.5 Å². The van der Waals surface area contributed by atoms with Crippen molar-refractivity contribution in [2.75, 3.05) is 0 Å². The van der Waals surface area contributed by atoms with Crippen molar-refractivity contribution in [2.45, 2.75) is 79.4 Å². The number of nitrogens with two attached hydrogens (primary N) is 1. The minimum absolute atomic E-state index is 0.0148. The van der Waals surface area contributed by atoms with Crippen LogP contribution in [0.5, 0.6) is 11.5 Å². The Bertz CT molecular complexity index is 882. The zero-order chi connectivity index (χ0) is 26.2. The summed E-state index contributed by atoms with van der Waals surface area (Å²) in [6.45, 7) is 12.3. The molecule has 0 aliphatic carbocycles. The Morgan fingerprint density at radius 3 is 1.91 bits per heavy atom. The number of benzene rings is 1. The molecule has 0 fully saturated rings. The Balaban J connectivity index is 3.41. The van der Waals surface area contributed by atoms with Crippen LogP contribution >= 0.6 is 0 Å². The molecular formula is C25H37NO8. The third kappa shape index (κ3) is 7.83. The van der Waals surface area contributed by atoms with Gasteiger partial charge < -0.3 is 25.1 Å². The number of carboxylic acid groups (broad SMARTS) is 1. The van der Waals surface area contributed by atoms with Crippen LogP contribution in [0.2, 0.25) is 0 Å². The fourth-order valence-corrected chi connectivity index (χ4v) is 3.24. The van der Waals surface area contributed by atoms with Crippen LogP contribution in [0.4, 0.5) is 0 Å². The molecule has 5 atom stereocenters. The van der Waals surface area contributed by atoms with Crippen molar-refractivity contribution in [1.29, 1.82) is 0 Å². The van der Waals surface area contributed by atoms with Gasteiger partial charge in [-0.05, 0) is 30.5 Å². The number of rotatable bonds is 12. The average Bonchev–Trinajstić information content (AvgIpc) is 2.79. The van der Waals surface area contributed by atoms with E-state index in [1.54, 1.807) is 40.7 Å². The number of hydrogen-bond acceptors (Lipinski definition) is 8. The highest BCUT2D eigenvalue weighted by Gasteiger charge is 2.36. The fraction of sp³-hybridized carbons (Fsp3) is 0.600. The van der Waals surface area contributed by atoms with Gasteiger partial charge in [-0.25, -0.2) is 0 Å². The van der Waals surface area contributed by atoms with Crippen molar-refractivity contribution in [2.24, 2.45) is 23.5 Å². The lowest BCUT2D eigenvalue weighted by molar-refractivity contribution is -0.157. The summed E-state index contributed by atoms with van der Waals surface area (Å²) >= 11 is 0. The molecule has 0 aromatic heterocycles. The highest BCUT2D eigenvalue weighted by Crippen LogP contribution is 2.37. The molecule has 0 radical (unpaired) electrons. The number of carboxylic acids is 1. The summed E-state index contributed by atoms with van der Waals surface area (Å²) in [5.74, 6) is -4.21. The van der Waals surface area contributed by atoms with E-state index in [1.165, 1.54) is 12.1 Å². The highest BCUT2D eigenvalue weighted by molar-refractivity contribution is 5.77. The lowest BCUT2D eigenvalue weighted by Gasteiger charge is -2.32. The van der Waals surface area contributed by atoms with Crippen molar-refractivity contribution in [3.8, 4) is 11.5 Å². The zero-order valence-corrected chi connectivity index (χ0v) is 21.0. The van der Waals surface area contributed by atoms with Gasteiger partial charge in [0.25, 0.3) is 0 Å². The van der Waals surface area contributed by atoms with Gasteiger partial charge in [0.05, 0.1) is 5.92 Å². The fourth-order valence-electron chi connectivity index (χ4n) is 3.24. The van der Waals surface area contributed by atoms with Gasteiger partial charge in [0.1, 0.15) is 12.1 Å². The van der Waals surface area contributed by atoms with E-state index in [2.05, 4.69) is 0 Å². The molecule has 9 nitrogen and oxygen atoms in total. The normalized spacial score (nSPS) is 15.6.